The SMILES string of the molecule is O=S(=O)(c1ccc(N2CCCC2)nc1)N(Cc1ccccc1)Cc1ccccc1. The zero-order valence-electron chi connectivity index (χ0n) is 16.3. The van der Waals surface area contributed by atoms with E-state index in [0.29, 0.717) is 13.1 Å². The van der Waals surface area contributed by atoms with Gasteiger partial charge in [0.2, 0.25) is 10.0 Å². The molecule has 0 unspecified atom stereocenters. The third kappa shape index (κ3) is 4.66. The highest BCUT2D eigenvalue weighted by Crippen LogP contribution is 2.23. The molecule has 1 aliphatic rings. The molecule has 150 valence electrons. The Morgan fingerprint density at radius 3 is 1.83 bits per heavy atom. The van der Waals surface area contributed by atoms with Gasteiger partial charge in [-0.1, -0.05) is 60.7 Å². The van der Waals surface area contributed by atoms with Crippen molar-refractivity contribution in [2.24, 2.45) is 0 Å². The molecule has 2 aromatic carbocycles. The largest absolute Gasteiger partial charge is 0.357 e. The van der Waals surface area contributed by atoms with Crippen molar-refractivity contribution in [2.75, 3.05) is 18.0 Å². The Morgan fingerprint density at radius 2 is 1.34 bits per heavy atom. The van der Waals surface area contributed by atoms with Crippen molar-refractivity contribution in [1.82, 2.24) is 9.29 Å². The highest BCUT2D eigenvalue weighted by atomic mass is 32.2. The molecule has 0 amide bonds. The van der Waals surface area contributed by atoms with Crippen LogP contribution in [0.3, 0.4) is 0 Å². The quantitative estimate of drug-likeness (QED) is 0.592. The van der Waals surface area contributed by atoms with Crippen LogP contribution in [0.15, 0.2) is 83.9 Å². The van der Waals surface area contributed by atoms with Crippen LogP contribution in [0.2, 0.25) is 0 Å². The molecular weight excluding hydrogens is 382 g/mol. The van der Waals surface area contributed by atoms with Gasteiger partial charge in [-0.2, -0.15) is 4.31 Å². The van der Waals surface area contributed by atoms with Crippen LogP contribution < -0.4 is 4.90 Å². The zero-order valence-corrected chi connectivity index (χ0v) is 17.1. The van der Waals surface area contributed by atoms with Crippen molar-refractivity contribution in [1.29, 1.82) is 0 Å². The minimum Gasteiger partial charge on any atom is -0.357 e. The summed E-state index contributed by atoms with van der Waals surface area (Å²) in [6.45, 7) is 2.58. The number of pyridine rings is 1. The lowest BCUT2D eigenvalue weighted by atomic mass is 10.2. The number of hydrogen-bond donors (Lipinski definition) is 0. The fourth-order valence-corrected chi connectivity index (χ4v) is 4.97. The average Bonchev–Trinajstić information content (AvgIpc) is 3.30. The Labute approximate surface area is 172 Å². The lowest BCUT2D eigenvalue weighted by molar-refractivity contribution is 0.401. The minimum atomic E-state index is -3.69. The number of sulfonamides is 1. The molecule has 1 fully saturated rings. The Balaban J connectivity index is 1.62. The number of nitrogens with zero attached hydrogens (tertiary/aromatic N) is 3. The van der Waals surface area contributed by atoms with Crippen molar-refractivity contribution in [3.63, 3.8) is 0 Å². The smallest absolute Gasteiger partial charge is 0.245 e. The summed E-state index contributed by atoms with van der Waals surface area (Å²) < 4.78 is 28.4. The summed E-state index contributed by atoms with van der Waals surface area (Å²) in [5, 5.41) is 0. The maximum Gasteiger partial charge on any atom is 0.245 e. The molecule has 6 heteroatoms. The molecule has 0 saturated carbocycles. The van der Waals surface area contributed by atoms with Gasteiger partial charge in [0.15, 0.2) is 0 Å². The fourth-order valence-electron chi connectivity index (χ4n) is 3.61. The minimum absolute atomic E-state index is 0.229. The molecule has 4 rings (SSSR count). The summed E-state index contributed by atoms with van der Waals surface area (Å²) in [6.07, 6.45) is 3.80. The Bertz CT molecular complexity index is 975. The molecule has 0 spiro atoms. The van der Waals surface area contributed by atoms with Gasteiger partial charge >= 0.3 is 0 Å². The zero-order chi connectivity index (χ0) is 20.1. The van der Waals surface area contributed by atoms with Crippen LogP contribution in [0.4, 0.5) is 5.82 Å². The van der Waals surface area contributed by atoms with Crippen LogP contribution in [0, 0.1) is 0 Å². The monoisotopic (exact) mass is 407 g/mol. The standard InChI is InChI=1S/C23H25N3O2S/c27-29(28,22-13-14-23(24-17-22)25-15-7-8-16-25)26(18-20-9-3-1-4-10-20)19-21-11-5-2-6-12-21/h1-6,9-14,17H,7-8,15-16,18-19H2. The van der Waals surface area contributed by atoms with Crippen molar-refractivity contribution < 1.29 is 8.42 Å². The van der Waals surface area contributed by atoms with E-state index in [2.05, 4.69) is 9.88 Å². The third-order valence-corrected chi connectivity index (χ3v) is 6.97. The molecule has 1 saturated heterocycles. The summed E-state index contributed by atoms with van der Waals surface area (Å²) in [5.41, 5.74) is 1.90. The van der Waals surface area contributed by atoms with Crippen LogP contribution >= 0.6 is 0 Å². The molecule has 0 radical (unpaired) electrons. The van der Waals surface area contributed by atoms with Gasteiger partial charge in [0, 0.05) is 32.4 Å². The van der Waals surface area contributed by atoms with Crippen LogP contribution in [-0.4, -0.2) is 30.8 Å². The van der Waals surface area contributed by atoms with E-state index < -0.39 is 10.0 Å². The summed E-state index contributed by atoms with van der Waals surface area (Å²) in [7, 11) is -3.69. The van der Waals surface area contributed by atoms with Crippen molar-refractivity contribution in [3.05, 3.63) is 90.1 Å². The topological polar surface area (TPSA) is 53.5 Å². The normalized spacial score (nSPS) is 14.4. The Morgan fingerprint density at radius 1 is 0.793 bits per heavy atom. The van der Waals surface area contributed by atoms with Crippen molar-refractivity contribution in [3.8, 4) is 0 Å². The Kier molecular flexibility index (Phi) is 5.92. The molecule has 3 aromatic rings. The first kappa shape index (κ1) is 19.6. The molecule has 1 aromatic heterocycles. The predicted molar refractivity (Wildman–Crippen MR) is 115 cm³/mol. The number of anilines is 1. The van der Waals surface area contributed by atoms with E-state index in [4.69, 9.17) is 0 Å². The van der Waals surface area contributed by atoms with E-state index in [0.717, 1.165) is 42.9 Å². The maximum atomic E-state index is 13.4. The second-order valence-electron chi connectivity index (χ2n) is 7.29. The maximum absolute atomic E-state index is 13.4. The highest BCUT2D eigenvalue weighted by molar-refractivity contribution is 7.89. The van der Waals surface area contributed by atoms with Gasteiger partial charge in [-0.05, 0) is 36.1 Å². The van der Waals surface area contributed by atoms with E-state index in [1.165, 1.54) is 10.5 Å². The van der Waals surface area contributed by atoms with E-state index in [-0.39, 0.29) is 4.90 Å². The molecule has 0 N–H and O–H groups in total. The van der Waals surface area contributed by atoms with Gasteiger partial charge in [-0.25, -0.2) is 13.4 Å². The molecule has 5 nitrogen and oxygen atoms in total. The fraction of sp³-hybridized carbons (Fsp3) is 0.261. The number of hydrogen-bond acceptors (Lipinski definition) is 4. The Hall–Kier alpha value is -2.70. The molecule has 0 aliphatic carbocycles. The van der Waals surface area contributed by atoms with Crippen LogP contribution in [0.25, 0.3) is 0 Å². The average molecular weight is 408 g/mol. The third-order valence-electron chi connectivity index (χ3n) is 5.19. The first-order valence-electron chi connectivity index (χ1n) is 9.92. The lowest BCUT2D eigenvalue weighted by Gasteiger charge is -2.23. The second-order valence-corrected chi connectivity index (χ2v) is 9.23. The van der Waals surface area contributed by atoms with E-state index in [1.54, 1.807) is 6.07 Å². The molecular formula is C23H25N3O2S. The lowest BCUT2D eigenvalue weighted by Crippen LogP contribution is -2.30. The first-order valence-corrected chi connectivity index (χ1v) is 11.4. The van der Waals surface area contributed by atoms with Crippen LogP contribution in [-0.2, 0) is 23.1 Å². The molecule has 29 heavy (non-hydrogen) atoms. The van der Waals surface area contributed by atoms with E-state index >= 15 is 0 Å². The van der Waals surface area contributed by atoms with Gasteiger partial charge in [0.1, 0.15) is 10.7 Å². The van der Waals surface area contributed by atoms with Gasteiger partial charge in [-0.3, -0.25) is 0 Å². The predicted octanol–water partition coefficient (Wildman–Crippen LogP) is 4.07. The molecule has 2 heterocycles. The van der Waals surface area contributed by atoms with Crippen molar-refractivity contribution >= 4 is 15.8 Å². The van der Waals surface area contributed by atoms with Gasteiger partial charge < -0.3 is 4.90 Å². The van der Waals surface area contributed by atoms with Gasteiger partial charge in [-0.15, -0.1) is 0 Å². The van der Waals surface area contributed by atoms with E-state index in [9.17, 15) is 8.42 Å². The van der Waals surface area contributed by atoms with E-state index in [1.807, 2.05) is 66.7 Å². The molecule has 0 atom stereocenters. The first-order chi connectivity index (χ1) is 14.1. The number of rotatable bonds is 7. The highest BCUT2D eigenvalue weighted by Gasteiger charge is 2.26. The summed E-state index contributed by atoms with van der Waals surface area (Å²) in [4.78, 5) is 6.87. The van der Waals surface area contributed by atoms with Crippen molar-refractivity contribution in [2.45, 2.75) is 30.8 Å². The van der Waals surface area contributed by atoms with Gasteiger partial charge in [0.05, 0.1) is 0 Å². The number of benzene rings is 2. The summed E-state index contributed by atoms with van der Waals surface area (Å²) >= 11 is 0. The van der Waals surface area contributed by atoms with Crippen LogP contribution in [0.5, 0.6) is 0 Å². The number of aromatic nitrogens is 1. The van der Waals surface area contributed by atoms with Gasteiger partial charge in [0.25, 0.3) is 0 Å². The summed E-state index contributed by atoms with van der Waals surface area (Å²) in [5.74, 6) is 0.846. The van der Waals surface area contributed by atoms with Crippen LogP contribution in [0.1, 0.15) is 24.0 Å². The molecule has 1 aliphatic heterocycles. The summed E-state index contributed by atoms with van der Waals surface area (Å²) in [6, 6.07) is 22.9. The second kappa shape index (κ2) is 8.76. The molecule has 0 bridgehead atoms.